The molecule has 0 aromatic heterocycles. The highest BCUT2D eigenvalue weighted by Gasteiger charge is 2.30. The van der Waals surface area contributed by atoms with Crippen molar-refractivity contribution in [2.24, 2.45) is 0 Å². The van der Waals surface area contributed by atoms with Crippen molar-refractivity contribution in [3.8, 4) is 11.5 Å². The highest BCUT2D eigenvalue weighted by atomic mass is 19.3. The number of nitro benzene ring substituents is 1. The lowest BCUT2D eigenvalue weighted by Crippen LogP contribution is -2.37. The molecule has 2 aromatic carbocycles. The number of hydrogen-bond acceptors (Lipinski definition) is 6. The maximum Gasteiger partial charge on any atom is 0.387 e. The first-order chi connectivity index (χ1) is 14.7. The van der Waals surface area contributed by atoms with E-state index in [-0.39, 0.29) is 18.0 Å². The Balaban J connectivity index is 1.79. The van der Waals surface area contributed by atoms with Gasteiger partial charge in [0.15, 0.2) is 11.5 Å². The summed E-state index contributed by atoms with van der Waals surface area (Å²) in [4.78, 5) is 24.7. The molecule has 3 rings (SSSR count). The Morgan fingerprint density at radius 1 is 1.26 bits per heavy atom. The van der Waals surface area contributed by atoms with E-state index in [0.717, 1.165) is 25.3 Å². The molecule has 12 heteroatoms. The first-order valence-electron chi connectivity index (χ1n) is 9.01. The van der Waals surface area contributed by atoms with Crippen LogP contribution < -0.4 is 19.7 Å². The normalized spacial score (nSPS) is 15.8. The van der Waals surface area contributed by atoms with E-state index < -0.39 is 52.1 Å². The summed E-state index contributed by atoms with van der Waals surface area (Å²) >= 11 is 0. The van der Waals surface area contributed by atoms with Gasteiger partial charge in [-0.1, -0.05) is 0 Å². The van der Waals surface area contributed by atoms with E-state index in [2.05, 4.69) is 10.1 Å². The maximum absolute atomic E-state index is 14.0. The van der Waals surface area contributed by atoms with Crippen LogP contribution in [0.5, 0.6) is 11.5 Å². The standard InChI is InChI=1S/C19H17F4N3O5/c1-30-16-7-12(15(26(28)29)8-17(16)31-19(22)23)18(27)24-11-4-5-25(9-11)14-3-2-10(20)6-13(14)21/h2-3,6-8,11,19H,4-5,9H2,1H3,(H,24,27). The number of anilines is 1. The molecular weight excluding hydrogens is 426 g/mol. The van der Waals surface area contributed by atoms with Gasteiger partial charge in [-0.3, -0.25) is 14.9 Å². The molecule has 31 heavy (non-hydrogen) atoms. The number of carbonyl (C=O) groups is 1. The van der Waals surface area contributed by atoms with Crippen molar-refractivity contribution in [1.82, 2.24) is 5.32 Å². The van der Waals surface area contributed by atoms with Crippen molar-refractivity contribution in [3.05, 3.63) is 57.6 Å². The molecule has 8 nitrogen and oxygen atoms in total. The van der Waals surface area contributed by atoms with E-state index in [1.807, 2.05) is 0 Å². The highest BCUT2D eigenvalue weighted by molar-refractivity contribution is 5.99. The van der Waals surface area contributed by atoms with E-state index in [0.29, 0.717) is 19.0 Å². The second kappa shape index (κ2) is 9.06. The summed E-state index contributed by atoms with van der Waals surface area (Å²) in [6.07, 6.45) is 0.403. The van der Waals surface area contributed by atoms with Crippen molar-refractivity contribution < 1.29 is 36.8 Å². The van der Waals surface area contributed by atoms with E-state index in [4.69, 9.17) is 4.74 Å². The van der Waals surface area contributed by atoms with Crippen LogP contribution in [-0.4, -0.2) is 43.7 Å². The smallest absolute Gasteiger partial charge is 0.387 e. The quantitative estimate of drug-likeness (QED) is 0.400. The SMILES string of the molecule is COc1cc(C(=O)NC2CCN(c3ccc(F)cc3F)C2)c([N+](=O)[O-])cc1OC(F)F. The largest absolute Gasteiger partial charge is 0.493 e. The summed E-state index contributed by atoms with van der Waals surface area (Å²) in [7, 11) is 1.13. The molecule has 1 unspecified atom stereocenters. The minimum absolute atomic E-state index is 0.166. The number of halogens is 4. The van der Waals surface area contributed by atoms with Crippen LogP contribution in [-0.2, 0) is 0 Å². The molecule has 0 saturated carbocycles. The third kappa shape index (κ3) is 4.95. The monoisotopic (exact) mass is 443 g/mol. The van der Waals surface area contributed by atoms with Crippen LogP contribution in [0.2, 0.25) is 0 Å². The summed E-state index contributed by atoms with van der Waals surface area (Å²) in [6, 6.07) is 4.29. The van der Waals surface area contributed by atoms with Gasteiger partial charge < -0.3 is 19.7 Å². The minimum atomic E-state index is -3.25. The zero-order valence-electron chi connectivity index (χ0n) is 16.1. The third-order valence-electron chi connectivity index (χ3n) is 4.71. The van der Waals surface area contributed by atoms with E-state index >= 15 is 0 Å². The molecular formula is C19H17F4N3O5. The summed E-state index contributed by atoms with van der Waals surface area (Å²) in [5.41, 5.74) is -0.984. The van der Waals surface area contributed by atoms with Crippen molar-refractivity contribution >= 4 is 17.3 Å². The zero-order chi connectivity index (χ0) is 22.7. The number of ether oxygens (including phenoxy) is 2. The lowest BCUT2D eigenvalue weighted by molar-refractivity contribution is -0.385. The molecule has 1 saturated heterocycles. The number of rotatable bonds is 7. The van der Waals surface area contributed by atoms with Crippen molar-refractivity contribution in [1.29, 1.82) is 0 Å². The molecule has 0 radical (unpaired) electrons. The average Bonchev–Trinajstić information content (AvgIpc) is 3.15. The molecule has 1 aliphatic heterocycles. The van der Waals surface area contributed by atoms with Gasteiger partial charge in [0.05, 0.1) is 23.8 Å². The molecule has 1 atom stereocenters. The summed E-state index contributed by atoms with van der Waals surface area (Å²) in [5, 5.41) is 14.0. The molecule has 166 valence electrons. The Morgan fingerprint density at radius 3 is 2.61 bits per heavy atom. The van der Waals surface area contributed by atoms with Crippen LogP contribution in [0.1, 0.15) is 16.8 Å². The predicted molar refractivity (Wildman–Crippen MR) is 101 cm³/mol. The Hall–Kier alpha value is -3.57. The van der Waals surface area contributed by atoms with E-state index in [1.54, 1.807) is 4.90 Å². The fourth-order valence-electron chi connectivity index (χ4n) is 3.33. The van der Waals surface area contributed by atoms with Gasteiger partial charge in [-0.15, -0.1) is 0 Å². The van der Waals surface area contributed by atoms with Crippen molar-refractivity contribution in [2.45, 2.75) is 19.1 Å². The fourth-order valence-corrected chi connectivity index (χ4v) is 3.33. The summed E-state index contributed by atoms with van der Waals surface area (Å²) in [5.74, 6) is -3.16. The van der Waals surface area contributed by atoms with Crippen LogP contribution in [0, 0.1) is 21.7 Å². The van der Waals surface area contributed by atoms with Gasteiger partial charge in [0.1, 0.15) is 17.2 Å². The second-order valence-corrected chi connectivity index (χ2v) is 6.66. The van der Waals surface area contributed by atoms with Gasteiger partial charge in [0.25, 0.3) is 11.6 Å². The molecule has 0 aliphatic carbocycles. The Bertz CT molecular complexity index is 1000. The lowest BCUT2D eigenvalue weighted by Gasteiger charge is -2.20. The van der Waals surface area contributed by atoms with Crippen molar-refractivity contribution in [2.75, 3.05) is 25.1 Å². The Labute approximate surface area is 173 Å². The van der Waals surface area contributed by atoms with Gasteiger partial charge in [-0.2, -0.15) is 8.78 Å². The van der Waals surface area contributed by atoms with Gasteiger partial charge >= 0.3 is 6.61 Å². The number of alkyl halides is 2. The minimum Gasteiger partial charge on any atom is -0.493 e. The van der Waals surface area contributed by atoms with E-state index in [1.165, 1.54) is 6.07 Å². The van der Waals surface area contributed by atoms with Gasteiger partial charge in [-0.25, -0.2) is 8.78 Å². The molecule has 0 spiro atoms. The number of benzene rings is 2. The highest BCUT2D eigenvalue weighted by Crippen LogP contribution is 2.36. The molecule has 0 bridgehead atoms. The molecule has 1 aliphatic rings. The average molecular weight is 443 g/mol. The van der Waals surface area contributed by atoms with Gasteiger partial charge in [0, 0.05) is 31.3 Å². The predicted octanol–water partition coefficient (Wildman–Crippen LogP) is 3.49. The number of methoxy groups -OCH3 is 1. The van der Waals surface area contributed by atoms with E-state index in [9.17, 15) is 32.5 Å². The molecule has 1 amide bonds. The Kier molecular flexibility index (Phi) is 6.47. The van der Waals surface area contributed by atoms with Crippen LogP contribution in [0.15, 0.2) is 30.3 Å². The topological polar surface area (TPSA) is 93.9 Å². The first kappa shape index (κ1) is 22.1. The number of amides is 1. The molecule has 1 heterocycles. The van der Waals surface area contributed by atoms with Crippen LogP contribution >= 0.6 is 0 Å². The number of nitrogens with one attached hydrogen (secondary N) is 1. The maximum atomic E-state index is 14.0. The third-order valence-corrected chi connectivity index (χ3v) is 4.71. The lowest BCUT2D eigenvalue weighted by atomic mass is 10.1. The van der Waals surface area contributed by atoms with Crippen LogP contribution in [0.4, 0.5) is 28.9 Å². The second-order valence-electron chi connectivity index (χ2n) is 6.66. The number of nitro groups is 1. The zero-order valence-corrected chi connectivity index (χ0v) is 16.1. The first-order valence-corrected chi connectivity index (χ1v) is 9.01. The van der Waals surface area contributed by atoms with Crippen LogP contribution in [0.25, 0.3) is 0 Å². The number of carbonyl (C=O) groups excluding carboxylic acids is 1. The van der Waals surface area contributed by atoms with Crippen molar-refractivity contribution in [3.63, 3.8) is 0 Å². The fraction of sp³-hybridized carbons (Fsp3) is 0.316. The van der Waals surface area contributed by atoms with Gasteiger partial charge in [-0.05, 0) is 18.6 Å². The Morgan fingerprint density at radius 2 is 2.00 bits per heavy atom. The molecule has 2 aromatic rings. The van der Waals surface area contributed by atoms with Crippen LogP contribution in [0.3, 0.4) is 0 Å². The number of nitrogens with zero attached hydrogens (tertiary/aromatic N) is 2. The number of hydrogen-bond donors (Lipinski definition) is 1. The summed E-state index contributed by atoms with van der Waals surface area (Å²) < 4.78 is 61.3. The molecule has 1 N–H and O–H groups in total. The van der Waals surface area contributed by atoms with Gasteiger partial charge in [0.2, 0.25) is 0 Å². The summed E-state index contributed by atoms with van der Waals surface area (Å²) in [6.45, 7) is -2.70. The molecule has 1 fully saturated rings.